The summed E-state index contributed by atoms with van der Waals surface area (Å²) in [6.45, 7) is 4.87. The van der Waals surface area contributed by atoms with Crippen molar-refractivity contribution in [3.63, 3.8) is 0 Å². The molecule has 3 nitrogen and oxygen atoms in total. The second-order valence-corrected chi connectivity index (χ2v) is 10.5. The Balaban J connectivity index is 2.01. The fraction of sp³-hybridized carbons (Fsp3) is 0.348. The average molecular weight is 495 g/mol. The minimum Gasteiger partial charge on any atom is -0.207 e. The lowest BCUT2D eigenvalue weighted by Gasteiger charge is -2.19. The third kappa shape index (κ3) is 5.04. The van der Waals surface area contributed by atoms with Crippen molar-refractivity contribution in [3.8, 4) is 0 Å². The van der Waals surface area contributed by atoms with Crippen molar-refractivity contribution in [2.75, 3.05) is 13.1 Å². The van der Waals surface area contributed by atoms with E-state index in [0.29, 0.717) is 18.0 Å². The Hall–Kier alpha value is -1.36. The van der Waals surface area contributed by atoms with Crippen LogP contribution in [0.1, 0.15) is 37.6 Å². The first kappa shape index (κ1) is 22.3. The highest BCUT2D eigenvalue weighted by Gasteiger charge is 2.39. The number of hydrogen-bond acceptors (Lipinski definition) is 2. The van der Waals surface area contributed by atoms with Crippen LogP contribution in [0.15, 0.2) is 80.8 Å². The molecule has 2 atom stereocenters. The normalized spacial score (nSPS) is 18.5. The van der Waals surface area contributed by atoms with Gasteiger partial charge in [-0.1, -0.05) is 60.1 Å². The Kier molecular flexibility index (Phi) is 7.42. The zero-order valence-corrected chi connectivity index (χ0v) is 19.8. The van der Waals surface area contributed by atoms with E-state index in [2.05, 4.69) is 35.5 Å². The van der Waals surface area contributed by atoms with Crippen LogP contribution in [0.2, 0.25) is 0 Å². The zero-order chi connectivity index (χ0) is 21.0. The van der Waals surface area contributed by atoms with Crippen LogP contribution in [-0.4, -0.2) is 25.8 Å². The lowest BCUT2D eigenvalue weighted by atomic mass is 9.93. The molecule has 1 saturated heterocycles. The first-order valence-corrected chi connectivity index (χ1v) is 12.5. The molecule has 0 amide bonds. The molecule has 2 aromatic carbocycles. The van der Waals surface area contributed by atoms with E-state index in [-0.39, 0.29) is 11.3 Å². The number of benzene rings is 2. The number of sulfonamides is 1. The minimum absolute atomic E-state index is 0.114. The minimum atomic E-state index is -3.60. The standard InChI is InChI=1S/C23H25BrClNO2S/c1-3-17(4-2)14-19-15-26(29(27,28)21-12-10-20(24)11-13-21)16-22(19)23(25)18-8-6-5-7-9-18/h5-13,22-23H,3-4,15-16H2,1-2H3/t22-,23+/m1/s1. The van der Waals surface area contributed by atoms with E-state index >= 15 is 0 Å². The number of alkyl halides is 1. The number of rotatable bonds is 6. The summed E-state index contributed by atoms with van der Waals surface area (Å²) in [5, 5.41) is -0.307. The van der Waals surface area contributed by atoms with Gasteiger partial charge in [0.1, 0.15) is 0 Å². The van der Waals surface area contributed by atoms with E-state index < -0.39 is 10.0 Å². The molecule has 0 spiro atoms. The van der Waals surface area contributed by atoms with Gasteiger partial charge in [0.2, 0.25) is 10.0 Å². The van der Waals surface area contributed by atoms with Crippen molar-refractivity contribution < 1.29 is 8.42 Å². The van der Waals surface area contributed by atoms with E-state index in [0.717, 1.165) is 28.5 Å². The maximum Gasteiger partial charge on any atom is 0.243 e. The van der Waals surface area contributed by atoms with Crippen LogP contribution < -0.4 is 0 Å². The van der Waals surface area contributed by atoms with E-state index in [4.69, 9.17) is 11.6 Å². The van der Waals surface area contributed by atoms with Crippen LogP contribution in [-0.2, 0) is 10.0 Å². The van der Waals surface area contributed by atoms with Gasteiger partial charge in [0.25, 0.3) is 0 Å². The molecule has 29 heavy (non-hydrogen) atoms. The summed E-state index contributed by atoms with van der Waals surface area (Å²) in [6, 6.07) is 16.6. The Bertz CT molecular complexity index is 1010. The van der Waals surface area contributed by atoms with Gasteiger partial charge in [-0.25, -0.2) is 8.42 Å². The summed E-state index contributed by atoms with van der Waals surface area (Å²) in [5.74, 6) is -0.114. The largest absolute Gasteiger partial charge is 0.243 e. The van der Waals surface area contributed by atoms with Crippen molar-refractivity contribution in [2.24, 2.45) is 5.92 Å². The predicted molar refractivity (Wildman–Crippen MR) is 123 cm³/mol. The zero-order valence-electron chi connectivity index (χ0n) is 16.6. The molecule has 0 N–H and O–H groups in total. The van der Waals surface area contributed by atoms with E-state index in [1.54, 1.807) is 24.3 Å². The highest BCUT2D eigenvalue weighted by atomic mass is 79.9. The van der Waals surface area contributed by atoms with Crippen LogP contribution in [0.5, 0.6) is 0 Å². The molecule has 0 bridgehead atoms. The highest BCUT2D eigenvalue weighted by Crippen LogP contribution is 2.40. The Morgan fingerprint density at radius 2 is 1.76 bits per heavy atom. The van der Waals surface area contributed by atoms with Gasteiger partial charge in [-0.2, -0.15) is 4.31 Å². The molecule has 0 radical (unpaired) electrons. The first-order valence-electron chi connectivity index (χ1n) is 9.79. The van der Waals surface area contributed by atoms with Gasteiger partial charge < -0.3 is 0 Å². The maximum absolute atomic E-state index is 13.2. The first-order chi connectivity index (χ1) is 13.9. The molecule has 0 unspecified atom stereocenters. The van der Waals surface area contributed by atoms with E-state index in [1.807, 2.05) is 30.3 Å². The molecular weight excluding hydrogens is 470 g/mol. The third-order valence-corrected chi connectivity index (χ3v) is 8.22. The Morgan fingerprint density at radius 1 is 1.14 bits per heavy atom. The molecule has 0 aromatic heterocycles. The van der Waals surface area contributed by atoms with E-state index in [9.17, 15) is 8.42 Å². The van der Waals surface area contributed by atoms with Gasteiger partial charge in [0, 0.05) is 23.5 Å². The van der Waals surface area contributed by atoms with Crippen LogP contribution in [0.4, 0.5) is 0 Å². The summed E-state index contributed by atoms with van der Waals surface area (Å²) in [5.41, 5.74) is 6.66. The topological polar surface area (TPSA) is 37.4 Å². The van der Waals surface area contributed by atoms with Gasteiger partial charge in [-0.15, -0.1) is 17.3 Å². The number of halogens is 2. The molecule has 3 rings (SSSR count). The van der Waals surface area contributed by atoms with Crippen molar-refractivity contribution in [1.29, 1.82) is 0 Å². The van der Waals surface area contributed by atoms with Crippen LogP contribution in [0, 0.1) is 5.92 Å². The highest BCUT2D eigenvalue weighted by molar-refractivity contribution is 9.10. The Labute approximate surface area is 187 Å². The van der Waals surface area contributed by atoms with Gasteiger partial charge >= 0.3 is 0 Å². The molecular formula is C23H25BrClNO2S. The molecule has 1 heterocycles. The molecule has 0 saturated carbocycles. The second kappa shape index (κ2) is 9.63. The molecule has 1 aliphatic rings. The predicted octanol–water partition coefficient (Wildman–Crippen LogP) is 6.32. The van der Waals surface area contributed by atoms with Crippen LogP contribution in [0.25, 0.3) is 0 Å². The number of nitrogens with zero attached hydrogens (tertiary/aromatic N) is 1. The summed E-state index contributed by atoms with van der Waals surface area (Å²) in [6.07, 6.45) is 1.79. The van der Waals surface area contributed by atoms with Gasteiger partial charge in [0.05, 0.1) is 10.3 Å². The third-order valence-electron chi connectivity index (χ3n) is 5.31. The summed E-state index contributed by atoms with van der Waals surface area (Å²) in [4.78, 5) is 0.293. The van der Waals surface area contributed by atoms with Crippen molar-refractivity contribution in [3.05, 3.63) is 81.5 Å². The fourth-order valence-corrected chi connectivity index (χ4v) is 5.65. The molecule has 154 valence electrons. The van der Waals surface area contributed by atoms with Crippen molar-refractivity contribution >= 4 is 37.6 Å². The Morgan fingerprint density at radius 3 is 2.34 bits per heavy atom. The maximum atomic E-state index is 13.2. The van der Waals surface area contributed by atoms with Gasteiger partial charge in [-0.05, 0) is 53.8 Å². The smallest absolute Gasteiger partial charge is 0.207 e. The monoisotopic (exact) mass is 493 g/mol. The fourth-order valence-electron chi connectivity index (χ4n) is 3.56. The lowest BCUT2D eigenvalue weighted by Crippen LogP contribution is -2.29. The molecule has 2 aromatic rings. The van der Waals surface area contributed by atoms with Gasteiger partial charge in [-0.3, -0.25) is 0 Å². The summed E-state index contributed by atoms with van der Waals surface area (Å²) < 4.78 is 28.9. The van der Waals surface area contributed by atoms with E-state index in [1.165, 1.54) is 9.88 Å². The van der Waals surface area contributed by atoms with Crippen LogP contribution >= 0.6 is 27.5 Å². The SMILES string of the molecule is CCC(=C=C1CN(S(=O)(=O)c2ccc(Br)cc2)C[C@H]1[C@@H](Cl)c1ccccc1)CC. The quantitative estimate of drug-likeness (QED) is 0.348. The molecule has 6 heteroatoms. The molecule has 1 aliphatic heterocycles. The van der Waals surface area contributed by atoms with Crippen LogP contribution in [0.3, 0.4) is 0 Å². The second-order valence-electron chi connectivity index (χ2n) is 7.13. The molecule has 0 aliphatic carbocycles. The van der Waals surface area contributed by atoms with Gasteiger partial charge in [0.15, 0.2) is 0 Å². The lowest BCUT2D eigenvalue weighted by molar-refractivity contribution is 0.453. The summed E-state index contributed by atoms with van der Waals surface area (Å²) in [7, 11) is -3.60. The molecule has 1 fully saturated rings. The van der Waals surface area contributed by atoms with Crippen molar-refractivity contribution in [2.45, 2.75) is 37.0 Å². The van der Waals surface area contributed by atoms with Crippen molar-refractivity contribution in [1.82, 2.24) is 4.31 Å². The summed E-state index contributed by atoms with van der Waals surface area (Å²) >= 11 is 10.2. The average Bonchev–Trinajstić information content (AvgIpc) is 3.17. The number of hydrogen-bond donors (Lipinski definition) is 0.